The highest BCUT2D eigenvalue weighted by atomic mass is 35.5. The molecule has 2 aromatic carbocycles. The van der Waals surface area contributed by atoms with Crippen LogP contribution in [0.15, 0.2) is 54.6 Å². The second kappa shape index (κ2) is 14.1. The number of nitrogens with zero attached hydrogens (tertiary/aromatic N) is 2. The summed E-state index contributed by atoms with van der Waals surface area (Å²) in [5.74, 6) is 5.02. The molecular formula is C24H33ClN4O2. The fourth-order valence-electron chi connectivity index (χ4n) is 2.58. The standard InChI is InChI=1S/C12H14N2.C7H10N2.C5H8O2.ClH/c1-9-4-6-12(7-5-9)14-11(3)8-10(2)13-14;1-6-2-4-7(9-8)5-3-6;1-4(6)3-5(2)7;/h4-8H,1-3H3;2-5,9H,8H2,1H3;3H2,1-2H3;1H. The first kappa shape index (κ1) is 28.0. The van der Waals surface area contributed by atoms with Crippen molar-refractivity contribution in [1.82, 2.24) is 9.78 Å². The van der Waals surface area contributed by atoms with Crippen LogP contribution in [0.1, 0.15) is 42.8 Å². The Kier molecular flexibility index (Phi) is 12.8. The van der Waals surface area contributed by atoms with E-state index in [1.165, 1.54) is 30.7 Å². The van der Waals surface area contributed by atoms with Crippen molar-refractivity contribution >= 4 is 29.7 Å². The second-order valence-electron chi connectivity index (χ2n) is 7.27. The zero-order valence-electron chi connectivity index (χ0n) is 19.1. The van der Waals surface area contributed by atoms with Crippen molar-refractivity contribution in [3.63, 3.8) is 0 Å². The highest BCUT2D eigenvalue weighted by molar-refractivity contribution is 5.96. The third kappa shape index (κ3) is 11.1. The van der Waals surface area contributed by atoms with Gasteiger partial charge in [0.25, 0.3) is 0 Å². The van der Waals surface area contributed by atoms with Crippen LogP contribution in [0, 0.1) is 27.7 Å². The first-order valence-electron chi connectivity index (χ1n) is 9.74. The van der Waals surface area contributed by atoms with Gasteiger partial charge in [-0.15, -0.1) is 12.4 Å². The number of hydrogen-bond acceptors (Lipinski definition) is 5. The molecule has 0 atom stereocenters. The number of nitrogens with one attached hydrogen (secondary N) is 1. The van der Waals surface area contributed by atoms with Gasteiger partial charge in [0.2, 0.25) is 0 Å². The molecule has 1 heterocycles. The highest BCUT2D eigenvalue weighted by Gasteiger charge is 2.02. The van der Waals surface area contributed by atoms with E-state index in [9.17, 15) is 9.59 Å². The molecule has 0 spiro atoms. The van der Waals surface area contributed by atoms with E-state index in [2.05, 4.69) is 54.7 Å². The zero-order valence-corrected chi connectivity index (χ0v) is 19.9. The molecule has 0 unspecified atom stereocenters. The molecule has 3 rings (SSSR count). The zero-order chi connectivity index (χ0) is 22.7. The summed E-state index contributed by atoms with van der Waals surface area (Å²) in [6.07, 6.45) is 0.0833. The number of ketones is 2. The number of hydrogen-bond donors (Lipinski definition) is 2. The van der Waals surface area contributed by atoms with Gasteiger partial charge in [0.1, 0.15) is 11.6 Å². The van der Waals surface area contributed by atoms with Crippen LogP contribution >= 0.6 is 12.4 Å². The van der Waals surface area contributed by atoms with Gasteiger partial charge in [0.15, 0.2) is 0 Å². The van der Waals surface area contributed by atoms with Gasteiger partial charge in [-0.1, -0.05) is 35.4 Å². The van der Waals surface area contributed by atoms with Crippen molar-refractivity contribution in [2.45, 2.75) is 48.0 Å². The first-order chi connectivity index (χ1) is 14.1. The number of rotatable bonds is 4. The Labute approximate surface area is 191 Å². The van der Waals surface area contributed by atoms with Crippen LogP contribution in [0.5, 0.6) is 0 Å². The van der Waals surface area contributed by atoms with Gasteiger partial charge >= 0.3 is 0 Å². The van der Waals surface area contributed by atoms with Crippen molar-refractivity contribution in [2.75, 3.05) is 5.43 Å². The Bertz CT molecular complexity index is 937. The van der Waals surface area contributed by atoms with Crippen LogP contribution in [0.4, 0.5) is 5.69 Å². The summed E-state index contributed by atoms with van der Waals surface area (Å²) in [7, 11) is 0. The minimum atomic E-state index is -0.0625. The lowest BCUT2D eigenvalue weighted by molar-refractivity contribution is -0.124. The maximum absolute atomic E-state index is 10.0. The maximum atomic E-state index is 10.0. The number of nitrogens with two attached hydrogens (primary N) is 1. The van der Waals surface area contributed by atoms with Gasteiger partial charge < -0.3 is 5.43 Å². The molecule has 0 radical (unpaired) electrons. The van der Waals surface area contributed by atoms with Crippen LogP contribution in [-0.4, -0.2) is 21.3 Å². The number of Topliss-reactive ketones (excluding diaryl/α,β-unsaturated/α-hetero) is 2. The van der Waals surface area contributed by atoms with Crippen LogP contribution in [0.2, 0.25) is 0 Å². The minimum Gasteiger partial charge on any atom is -0.324 e. The summed E-state index contributed by atoms with van der Waals surface area (Å²) in [4.78, 5) is 20.1. The Morgan fingerprint density at radius 3 is 1.65 bits per heavy atom. The summed E-state index contributed by atoms with van der Waals surface area (Å²) in [5.41, 5.74) is 9.37. The van der Waals surface area contributed by atoms with E-state index < -0.39 is 0 Å². The average molecular weight is 445 g/mol. The van der Waals surface area contributed by atoms with Gasteiger partial charge in [-0.3, -0.25) is 15.4 Å². The molecule has 6 nitrogen and oxygen atoms in total. The first-order valence-corrected chi connectivity index (χ1v) is 9.74. The molecule has 1 aromatic heterocycles. The van der Waals surface area contributed by atoms with E-state index >= 15 is 0 Å². The number of carbonyl (C=O) groups excluding carboxylic acids is 2. The number of aromatic nitrogens is 2. The molecule has 3 N–H and O–H groups in total. The van der Waals surface area contributed by atoms with Crippen LogP contribution < -0.4 is 11.3 Å². The predicted molar refractivity (Wildman–Crippen MR) is 130 cm³/mol. The number of carbonyl (C=O) groups is 2. The Morgan fingerprint density at radius 2 is 1.32 bits per heavy atom. The minimum absolute atomic E-state index is 0. The lowest BCUT2D eigenvalue weighted by Gasteiger charge is -2.03. The molecule has 7 heteroatoms. The van der Waals surface area contributed by atoms with Gasteiger partial charge in [-0.2, -0.15) is 5.10 Å². The smallest absolute Gasteiger partial charge is 0.137 e. The molecule has 31 heavy (non-hydrogen) atoms. The summed E-state index contributed by atoms with van der Waals surface area (Å²) in [5, 5.41) is 4.43. The van der Waals surface area contributed by atoms with Crippen LogP contribution in [-0.2, 0) is 9.59 Å². The van der Waals surface area contributed by atoms with E-state index in [1.54, 1.807) is 0 Å². The average Bonchev–Trinajstić information content (AvgIpc) is 3.01. The molecule has 0 amide bonds. The quantitative estimate of drug-likeness (QED) is 0.333. The number of aryl methyl sites for hydroxylation is 4. The maximum Gasteiger partial charge on any atom is 0.137 e. The van der Waals surface area contributed by atoms with E-state index in [1.807, 2.05) is 42.8 Å². The van der Waals surface area contributed by atoms with Gasteiger partial charge in [-0.25, -0.2) is 4.68 Å². The Balaban J connectivity index is 0.000000462. The molecule has 0 aliphatic heterocycles. The van der Waals surface area contributed by atoms with Gasteiger partial charge in [0.05, 0.1) is 17.8 Å². The molecule has 3 aromatic rings. The summed E-state index contributed by atoms with van der Waals surface area (Å²) >= 11 is 0. The predicted octanol–water partition coefficient (Wildman–Crippen LogP) is 5.05. The summed E-state index contributed by atoms with van der Waals surface area (Å²) in [6, 6.07) is 18.4. The molecule has 0 saturated heterocycles. The van der Waals surface area contributed by atoms with Crippen molar-refractivity contribution < 1.29 is 9.59 Å². The largest absolute Gasteiger partial charge is 0.324 e. The third-order valence-corrected chi connectivity index (χ3v) is 4.00. The topological polar surface area (TPSA) is 90.0 Å². The highest BCUT2D eigenvalue weighted by Crippen LogP contribution is 2.12. The van der Waals surface area contributed by atoms with E-state index in [-0.39, 0.29) is 30.4 Å². The monoisotopic (exact) mass is 444 g/mol. The molecule has 0 aliphatic carbocycles. The molecular weight excluding hydrogens is 412 g/mol. The molecule has 0 saturated carbocycles. The SMILES string of the molecule is CC(=O)CC(C)=O.Cc1ccc(-n2nc(C)cc2C)cc1.Cc1ccc(NN)cc1.Cl. The third-order valence-electron chi connectivity index (χ3n) is 4.00. The van der Waals surface area contributed by atoms with Gasteiger partial charge in [0, 0.05) is 11.4 Å². The van der Waals surface area contributed by atoms with Gasteiger partial charge in [-0.05, 0) is 71.9 Å². The van der Waals surface area contributed by atoms with E-state index in [0.717, 1.165) is 17.1 Å². The summed E-state index contributed by atoms with van der Waals surface area (Å²) in [6.45, 7) is 11.0. The van der Waals surface area contributed by atoms with E-state index in [0.29, 0.717) is 0 Å². The molecule has 0 bridgehead atoms. The van der Waals surface area contributed by atoms with Crippen molar-refractivity contribution in [3.8, 4) is 5.69 Å². The fourth-order valence-corrected chi connectivity index (χ4v) is 2.58. The number of halogens is 1. The number of benzene rings is 2. The van der Waals surface area contributed by atoms with Crippen LogP contribution in [0.25, 0.3) is 5.69 Å². The lowest BCUT2D eigenvalue weighted by atomic mass is 10.2. The normalized spacial score (nSPS) is 9.26. The molecule has 0 fully saturated rings. The second-order valence-corrected chi connectivity index (χ2v) is 7.27. The molecule has 0 aliphatic rings. The van der Waals surface area contributed by atoms with Crippen molar-refractivity contribution in [2.24, 2.45) is 5.84 Å². The fraction of sp³-hybridized carbons (Fsp3) is 0.292. The van der Waals surface area contributed by atoms with Crippen LogP contribution in [0.3, 0.4) is 0 Å². The summed E-state index contributed by atoms with van der Waals surface area (Å²) < 4.78 is 1.97. The Morgan fingerprint density at radius 1 is 0.871 bits per heavy atom. The van der Waals surface area contributed by atoms with Crippen molar-refractivity contribution in [1.29, 1.82) is 0 Å². The number of nitrogen functional groups attached to an aromatic ring is 1. The Hall–Kier alpha value is -2.96. The number of hydrazine groups is 1. The van der Waals surface area contributed by atoms with Crippen molar-refractivity contribution in [3.05, 3.63) is 77.1 Å². The molecule has 168 valence electrons. The number of anilines is 1. The van der Waals surface area contributed by atoms with E-state index in [4.69, 9.17) is 5.84 Å². The lowest BCUT2D eigenvalue weighted by Crippen LogP contribution is -2.05.